The van der Waals surface area contributed by atoms with E-state index in [1.807, 2.05) is 25.1 Å². The van der Waals surface area contributed by atoms with Gasteiger partial charge in [-0.15, -0.1) is 0 Å². The standard InChI is InChI=1S/C11H16N2O2/c1-13(2)7-8-15-10-6-4-3-5-9(10)11(12)14/h3-6H,7-8H2,1-2H3,(H2,12,14). The number of hydrogen-bond donors (Lipinski definition) is 1. The molecule has 4 nitrogen and oxygen atoms in total. The van der Waals surface area contributed by atoms with Crippen molar-refractivity contribution < 1.29 is 9.53 Å². The van der Waals surface area contributed by atoms with E-state index in [0.29, 0.717) is 17.9 Å². The Kier molecular flexibility index (Phi) is 4.12. The Bertz CT molecular complexity index is 337. The molecule has 15 heavy (non-hydrogen) atoms. The predicted molar refractivity (Wildman–Crippen MR) is 59.0 cm³/mol. The summed E-state index contributed by atoms with van der Waals surface area (Å²) in [5.41, 5.74) is 5.64. The van der Waals surface area contributed by atoms with Crippen LogP contribution in [0.4, 0.5) is 0 Å². The van der Waals surface area contributed by atoms with Crippen molar-refractivity contribution >= 4 is 5.91 Å². The van der Waals surface area contributed by atoms with Gasteiger partial charge in [0.25, 0.3) is 5.91 Å². The Morgan fingerprint density at radius 3 is 2.67 bits per heavy atom. The lowest BCUT2D eigenvalue weighted by Gasteiger charge is -2.12. The Labute approximate surface area is 89.6 Å². The molecule has 0 unspecified atom stereocenters. The summed E-state index contributed by atoms with van der Waals surface area (Å²) in [6.07, 6.45) is 0. The number of hydrogen-bond acceptors (Lipinski definition) is 3. The lowest BCUT2D eigenvalue weighted by atomic mass is 10.2. The zero-order chi connectivity index (χ0) is 11.3. The summed E-state index contributed by atoms with van der Waals surface area (Å²) in [5, 5.41) is 0. The number of para-hydroxylation sites is 1. The van der Waals surface area contributed by atoms with Crippen LogP contribution < -0.4 is 10.5 Å². The van der Waals surface area contributed by atoms with Crippen molar-refractivity contribution in [3.63, 3.8) is 0 Å². The van der Waals surface area contributed by atoms with Crippen LogP contribution in [0.5, 0.6) is 5.75 Å². The first kappa shape index (κ1) is 11.5. The Balaban J connectivity index is 2.63. The molecule has 0 saturated heterocycles. The highest BCUT2D eigenvalue weighted by Crippen LogP contribution is 2.16. The van der Waals surface area contributed by atoms with Gasteiger partial charge < -0.3 is 15.4 Å². The number of benzene rings is 1. The van der Waals surface area contributed by atoms with Crippen molar-refractivity contribution in [1.82, 2.24) is 4.90 Å². The third-order valence-corrected chi connectivity index (χ3v) is 1.95. The summed E-state index contributed by atoms with van der Waals surface area (Å²) < 4.78 is 5.47. The van der Waals surface area contributed by atoms with E-state index in [9.17, 15) is 4.79 Å². The Morgan fingerprint density at radius 2 is 2.07 bits per heavy atom. The van der Waals surface area contributed by atoms with Crippen LogP contribution in [-0.4, -0.2) is 38.1 Å². The molecule has 0 atom stereocenters. The minimum absolute atomic E-state index is 0.427. The molecule has 0 radical (unpaired) electrons. The SMILES string of the molecule is CN(C)CCOc1ccccc1C(N)=O. The topological polar surface area (TPSA) is 55.6 Å². The highest BCUT2D eigenvalue weighted by molar-refractivity contribution is 5.95. The summed E-state index contributed by atoms with van der Waals surface area (Å²) in [4.78, 5) is 13.1. The number of primary amides is 1. The molecule has 0 spiro atoms. The molecule has 1 amide bonds. The highest BCUT2D eigenvalue weighted by atomic mass is 16.5. The van der Waals surface area contributed by atoms with Crippen LogP contribution in [0.2, 0.25) is 0 Å². The molecule has 0 aromatic heterocycles. The quantitative estimate of drug-likeness (QED) is 0.776. The van der Waals surface area contributed by atoms with Gasteiger partial charge in [0.2, 0.25) is 0 Å². The van der Waals surface area contributed by atoms with Crippen LogP contribution in [0.3, 0.4) is 0 Å². The van der Waals surface area contributed by atoms with E-state index >= 15 is 0 Å². The first-order valence-corrected chi connectivity index (χ1v) is 4.77. The number of nitrogens with two attached hydrogens (primary N) is 1. The zero-order valence-electron chi connectivity index (χ0n) is 9.06. The normalized spacial score (nSPS) is 10.3. The maximum absolute atomic E-state index is 11.1. The largest absolute Gasteiger partial charge is 0.491 e. The molecule has 1 aromatic rings. The average molecular weight is 208 g/mol. The fraction of sp³-hybridized carbons (Fsp3) is 0.364. The fourth-order valence-electron chi connectivity index (χ4n) is 1.13. The Hall–Kier alpha value is -1.55. The monoisotopic (exact) mass is 208 g/mol. The van der Waals surface area contributed by atoms with Gasteiger partial charge in [-0.3, -0.25) is 4.79 Å². The van der Waals surface area contributed by atoms with E-state index in [4.69, 9.17) is 10.5 Å². The van der Waals surface area contributed by atoms with Crippen molar-refractivity contribution in [2.75, 3.05) is 27.2 Å². The van der Waals surface area contributed by atoms with Gasteiger partial charge in [-0.05, 0) is 26.2 Å². The second-order valence-corrected chi connectivity index (χ2v) is 3.51. The van der Waals surface area contributed by atoms with Gasteiger partial charge in [0.15, 0.2) is 0 Å². The number of ether oxygens (including phenoxy) is 1. The lowest BCUT2D eigenvalue weighted by molar-refractivity contribution is 0.0996. The summed E-state index contributed by atoms with van der Waals surface area (Å²) >= 11 is 0. The Morgan fingerprint density at radius 1 is 1.40 bits per heavy atom. The maximum Gasteiger partial charge on any atom is 0.252 e. The number of likely N-dealkylation sites (N-methyl/N-ethyl adjacent to an activating group) is 1. The van der Waals surface area contributed by atoms with Crippen LogP contribution in [0, 0.1) is 0 Å². The second kappa shape index (κ2) is 5.36. The molecule has 82 valence electrons. The fourth-order valence-corrected chi connectivity index (χ4v) is 1.13. The van der Waals surface area contributed by atoms with Crippen LogP contribution in [0.25, 0.3) is 0 Å². The van der Waals surface area contributed by atoms with Crippen molar-refractivity contribution in [3.8, 4) is 5.75 Å². The van der Waals surface area contributed by atoms with Gasteiger partial charge in [-0.2, -0.15) is 0 Å². The van der Waals surface area contributed by atoms with E-state index in [1.54, 1.807) is 18.2 Å². The average Bonchev–Trinajstić information content (AvgIpc) is 2.17. The molecule has 0 aliphatic heterocycles. The molecular weight excluding hydrogens is 192 g/mol. The minimum Gasteiger partial charge on any atom is -0.491 e. The lowest BCUT2D eigenvalue weighted by Crippen LogP contribution is -2.20. The van der Waals surface area contributed by atoms with E-state index < -0.39 is 5.91 Å². The summed E-state index contributed by atoms with van der Waals surface area (Å²) in [5.74, 6) is 0.0855. The van der Waals surface area contributed by atoms with Gasteiger partial charge in [0.1, 0.15) is 12.4 Å². The molecule has 0 aliphatic carbocycles. The zero-order valence-corrected chi connectivity index (χ0v) is 9.06. The van der Waals surface area contributed by atoms with Gasteiger partial charge in [-0.1, -0.05) is 12.1 Å². The predicted octanol–water partition coefficient (Wildman–Crippen LogP) is 0.726. The molecule has 0 fully saturated rings. The summed E-state index contributed by atoms with van der Waals surface area (Å²) in [6.45, 7) is 1.34. The molecule has 0 bridgehead atoms. The first-order valence-electron chi connectivity index (χ1n) is 4.77. The van der Waals surface area contributed by atoms with Crippen molar-refractivity contribution in [2.45, 2.75) is 0 Å². The molecule has 2 N–H and O–H groups in total. The third kappa shape index (κ3) is 3.59. The summed E-state index contributed by atoms with van der Waals surface area (Å²) in [7, 11) is 3.92. The van der Waals surface area contributed by atoms with Gasteiger partial charge in [0, 0.05) is 6.54 Å². The van der Waals surface area contributed by atoms with E-state index in [2.05, 4.69) is 0 Å². The molecule has 4 heteroatoms. The minimum atomic E-state index is -0.463. The molecule has 1 rings (SSSR count). The molecule has 0 saturated carbocycles. The van der Waals surface area contributed by atoms with E-state index in [1.165, 1.54) is 0 Å². The van der Waals surface area contributed by atoms with Crippen LogP contribution in [-0.2, 0) is 0 Å². The van der Waals surface area contributed by atoms with Crippen LogP contribution in [0.15, 0.2) is 24.3 Å². The van der Waals surface area contributed by atoms with Crippen molar-refractivity contribution in [3.05, 3.63) is 29.8 Å². The number of amides is 1. The third-order valence-electron chi connectivity index (χ3n) is 1.95. The highest BCUT2D eigenvalue weighted by Gasteiger charge is 2.07. The summed E-state index contributed by atoms with van der Waals surface area (Å²) in [6, 6.07) is 6.99. The number of nitrogens with zero attached hydrogens (tertiary/aromatic N) is 1. The van der Waals surface area contributed by atoms with Gasteiger partial charge in [-0.25, -0.2) is 0 Å². The maximum atomic E-state index is 11.1. The number of carbonyl (C=O) groups excluding carboxylic acids is 1. The van der Waals surface area contributed by atoms with Gasteiger partial charge >= 0.3 is 0 Å². The molecule has 0 aliphatic rings. The van der Waals surface area contributed by atoms with Crippen molar-refractivity contribution in [2.24, 2.45) is 5.73 Å². The first-order chi connectivity index (χ1) is 7.11. The second-order valence-electron chi connectivity index (χ2n) is 3.51. The van der Waals surface area contributed by atoms with Crippen LogP contribution >= 0.6 is 0 Å². The molecule has 1 aromatic carbocycles. The number of rotatable bonds is 5. The molecular formula is C11H16N2O2. The van der Waals surface area contributed by atoms with E-state index in [0.717, 1.165) is 6.54 Å². The smallest absolute Gasteiger partial charge is 0.252 e. The van der Waals surface area contributed by atoms with Crippen molar-refractivity contribution in [1.29, 1.82) is 0 Å². The van der Waals surface area contributed by atoms with E-state index in [-0.39, 0.29) is 0 Å². The number of carbonyl (C=O) groups is 1. The van der Waals surface area contributed by atoms with Gasteiger partial charge in [0.05, 0.1) is 5.56 Å². The van der Waals surface area contributed by atoms with Crippen LogP contribution in [0.1, 0.15) is 10.4 Å². The molecule has 0 heterocycles.